The Labute approximate surface area is 113 Å². The normalized spacial score (nSPS) is 10.9. The SMILES string of the molecule is CNc1cc(F)c(Cl)cc1-n1nnc2ncccc21. The van der Waals surface area contributed by atoms with Crippen LogP contribution < -0.4 is 5.32 Å². The van der Waals surface area contributed by atoms with E-state index < -0.39 is 5.82 Å². The van der Waals surface area contributed by atoms with Crippen LogP contribution in [0.2, 0.25) is 5.02 Å². The molecule has 0 aliphatic carbocycles. The van der Waals surface area contributed by atoms with Crippen molar-refractivity contribution in [2.24, 2.45) is 0 Å². The minimum absolute atomic E-state index is 0.0292. The first-order chi connectivity index (χ1) is 9.20. The predicted octanol–water partition coefficient (Wildman–Crippen LogP) is 2.65. The molecule has 3 aromatic rings. The number of hydrogen-bond donors (Lipinski definition) is 1. The van der Waals surface area contributed by atoms with Gasteiger partial charge in [0.25, 0.3) is 0 Å². The summed E-state index contributed by atoms with van der Waals surface area (Å²) in [5, 5.41) is 10.9. The Bertz CT molecular complexity index is 755. The first-order valence-electron chi connectivity index (χ1n) is 5.54. The van der Waals surface area contributed by atoms with Gasteiger partial charge in [-0.05, 0) is 18.2 Å². The fourth-order valence-corrected chi connectivity index (χ4v) is 2.01. The molecule has 19 heavy (non-hydrogen) atoms. The summed E-state index contributed by atoms with van der Waals surface area (Å²) in [4.78, 5) is 4.10. The molecule has 0 fully saturated rings. The monoisotopic (exact) mass is 277 g/mol. The maximum absolute atomic E-state index is 13.5. The second-order valence-corrected chi connectivity index (χ2v) is 4.29. The van der Waals surface area contributed by atoms with Gasteiger partial charge in [0.2, 0.25) is 5.65 Å². The van der Waals surface area contributed by atoms with Gasteiger partial charge in [0.05, 0.1) is 16.4 Å². The van der Waals surface area contributed by atoms with Crippen molar-refractivity contribution in [2.75, 3.05) is 12.4 Å². The van der Waals surface area contributed by atoms with Crippen LogP contribution in [-0.2, 0) is 0 Å². The Balaban J connectivity index is 2.29. The molecule has 0 atom stereocenters. The Hall–Kier alpha value is -2.21. The predicted molar refractivity (Wildman–Crippen MR) is 71.2 cm³/mol. The number of anilines is 1. The molecule has 1 N–H and O–H groups in total. The van der Waals surface area contributed by atoms with E-state index in [1.807, 2.05) is 6.07 Å². The van der Waals surface area contributed by atoms with E-state index in [1.54, 1.807) is 24.0 Å². The molecule has 96 valence electrons. The molecule has 0 unspecified atom stereocenters. The summed E-state index contributed by atoms with van der Waals surface area (Å²) in [6.07, 6.45) is 1.64. The molecule has 1 aromatic carbocycles. The maximum atomic E-state index is 13.5. The van der Waals surface area contributed by atoms with Gasteiger partial charge in [0.1, 0.15) is 11.3 Å². The van der Waals surface area contributed by atoms with Crippen molar-refractivity contribution in [3.05, 3.63) is 41.3 Å². The topological polar surface area (TPSA) is 55.6 Å². The van der Waals surface area contributed by atoms with Crippen LogP contribution in [0.1, 0.15) is 0 Å². The first kappa shape index (κ1) is 11.9. The van der Waals surface area contributed by atoms with Crippen molar-refractivity contribution in [3.8, 4) is 5.69 Å². The van der Waals surface area contributed by atoms with Crippen molar-refractivity contribution in [1.29, 1.82) is 0 Å². The largest absolute Gasteiger partial charge is 0.386 e. The highest BCUT2D eigenvalue weighted by atomic mass is 35.5. The molecule has 5 nitrogen and oxygen atoms in total. The molecule has 0 spiro atoms. The molecule has 7 heteroatoms. The molecule has 0 saturated heterocycles. The zero-order chi connectivity index (χ0) is 13.4. The lowest BCUT2D eigenvalue weighted by Gasteiger charge is -2.10. The molecule has 0 bridgehead atoms. The molecule has 0 aliphatic heterocycles. The van der Waals surface area contributed by atoms with Crippen LogP contribution in [0.5, 0.6) is 0 Å². The lowest BCUT2D eigenvalue weighted by Crippen LogP contribution is -2.03. The second kappa shape index (κ2) is 4.47. The fraction of sp³-hybridized carbons (Fsp3) is 0.0833. The highest BCUT2D eigenvalue weighted by Gasteiger charge is 2.13. The number of fused-ring (bicyclic) bond motifs is 1. The van der Waals surface area contributed by atoms with E-state index in [0.29, 0.717) is 17.0 Å². The van der Waals surface area contributed by atoms with Crippen LogP contribution in [0.4, 0.5) is 10.1 Å². The Morgan fingerprint density at radius 1 is 1.37 bits per heavy atom. The van der Waals surface area contributed by atoms with Gasteiger partial charge < -0.3 is 5.32 Å². The van der Waals surface area contributed by atoms with Gasteiger partial charge in [-0.1, -0.05) is 16.8 Å². The van der Waals surface area contributed by atoms with E-state index in [0.717, 1.165) is 5.52 Å². The quantitative estimate of drug-likeness (QED) is 0.782. The van der Waals surface area contributed by atoms with Crippen LogP contribution in [0, 0.1) is 5.82 Å². The lowest BCUT2D eigenvalue weighted by atomic mass is 10.2. The molecule has 0 aliphatic rings. The van der Waals surface area contributed by atoms with Crippen LogP contribution in [0.15, 0.2) is 30.5 Å². The smallest absolute Gasteiger partial charge is 0.202 e. The Kier molecular flexibility index (Phi) is 2.79. The highest BCUT2D eigenvalue weighted by molar-refractivity contribution is 6.31. The molecule has 0 radical (unpaired) electrons. The van der Waals surface area contributed by atoms with Crippen LogP contribution in [0.25, 0.3) is 16.9 Å². The van der Waals surface area contributed by atoms with Crippen molar-refractivity contribution in [1.82, 2.24) is 20.0 Å². The van der Waals surface area contributed by atoms with Gasteiger partial charge in [-0.2, -0.15) is 0 Å². The zero-order valence-corrected chi connectivity index (χ0v) is 10.7. The average molecular weight is 278 g/mol. The molecule has 3 rings (SSSR count). The van der Waals surface area contributed by atoms with E-state index >= 15 is 0 Å². The minimum atomic E-state index is -0.489. The van der Waals surface area contributed by atoms with Crippen molar-refractivity contribution in [2.45, 2.75) is 0 Å². The molecular weight excluding hydrogens is 269 g/mol. The fourth-order valence-electron chi connectivity index (χ4n) is 1.86. The highest BCUT2D eigenvalue weighted by Crippen LogP contribution is 2.28. The van der Waals surface area contributed by atoms with E-state index in [4.69, 9.17) is 11.6 Å². The standard InChI is InChI=1S/C12H9ClFN5/c1-15-9-6-8(14)7(13)5-11(9)19-10-3-2-4-16-12(10)17-18-19/h2-6,15H,1H3. The first-order valence-corrected chi connectivity index (χ1v) is 5.92. The number of halogens is 2. The number of nitrogens with zero attached hydrogens (tertiary/aromatic N) is 4. The van der Waals surface area contributed by atoms with E-state index in [-0.39, 0.29) is 5.02 Å². The second-order valence-electron chi connectivity index (χ2n) is 3.88. The number of pyridine rings is 1. The maximum Gasteiger partial charge on any atom is 0.202 e. The Morgan fingerprint density at radius 2 is 2.21 bits per heavy atom. The minimum Gasteiger partial charge on any atom is -0.386 e. The number of aromatic nitrogens is 4. The summed E-state index contributed by atoms with van der Waals surface area (Å²) in [7, 11) is 1.70. The lowest BCUT2D eigenvalue weighted by molar-refractivity contribution is 0.628. The molecular formula is C12H9ClFN5. The zero-order valence-electron chi connectivity index (χ0n) is 9.93. The molecule has 2 heterocycles. The third-order valence-corrected chi connectivity index (χ3v) is 3.05. The van der Waals surface area contributed by atoms with Crippen molar-refractivity contribution in [3.63, 3.8) is 0 Å². The van der Waals surface area contributed by atoms with E-state index in [2.05, 4.69) is 20.6 Å². The number of rotatable bonds is 2. The molecule has 0 amide bonds. The summed E-state index contributed by atoms with van der Waals surface area (Å²) in [5.41, 5.74) is 2.42. The average Bonchev–Trinajstić information content (AvgIpc) is 2.85. The van der Waals surface area contributed by atoms with Gasteiger partial charge >= 0.3 is 0 Å². The summed E-state index contributed by atoms with van der Waals surface area (Å²) in [6, 6.07) is 6.44. The van der Waals surface area contributed by atoms with E-state index in [1.165, 1.54) is 12.1 Å². The van der Waals surface area contributed by atoms with Gasteiger partial charge in [-0.25, -0.2) is 14.1 Å². The Morgan fingerprint density at radius 3 is 3.00 bits per heavy atom. The third-order valence-electron chi connectivity index (χ3n) is 2.76. The summed E-state index contributed by atoms with van der Waals surface area (Å²) in [6.45, 7) is 0. The summed E-state index contributed by atoms with van der Waals surface area (Å²) in [5.74, 6) is -0.489. The van der Waals surface area contributed by atoms with Crippen LogP contribution in [-0.4, -0.2) is 27.0 Å². The summed E-state index contributed by atoms with van der Waals surface area (Å²) >= 11 is 5.83. The van der Waals surface area contributed by atoms with Crippen molar-refractivity contribution >= 4 is 28.5 Å². The van der Waals surface area contributed by atoms with Gasteiger partial charge in [0.15, 0.2) is 0 Å². The van der Waals surface area contributed by atoms with Crippen LogP contribution in [0.3, 0.4) is 0 Å². The molecule has 2 aromatic heterocycles. The summed E-state index contributed by atoms with van der Waals surface area (Å²) < 4.78 is 15.0. The van der Waals surface area contributed by atoms with Gasteiger partial charge in [-0.3, -0.25) is 0 Å². The number of benzene rings is 1. The number of nitrogens with one attached hydrogen (secondary N) is 1. The van der Waals surface area contributed by atoms with E-state index in [9.17, 15) is 4.39 Å². The van der Waals surface area contributed by atoms with Gasteiger partial charge in [0, 0.05) is 19.3 Å². The van der Waals surface area contributed by atoms with Gasteiger partial charge in [-0.15, -0.1) is 5.10 Å². The molecule has 0 saturated carbocycles. The van der Waals surface area contributed by atoms with Crippen LogP contribution >= 0.6 is 11.6 Å². The third kappa shape index (κ3) is 1.90. The number of hydrogen-bond acceptors (Lipinski definition) is 4. The van der Waals surface area contributed by atoms with Crippen molar-refractivity contribution < 1.29 is 4.39 Å².